The molecule has 3 heteroatoms. The van der Waals surface area contributed by atoms with Gasteiger partial charge in [0.1, 0.15) is 0 Å². The summed E-state index contributed by atoms with van der Waals surface area (Å²) in [4.78, 5) is 14.4. The van der Waals surface area contributed by atoms with Crippen molar-refractivity contribution in [2.45, 2.75) is 38.6 Å². The Morgan fingerprint density at radius 2 is 1.89 bits per heavy atom. The zero-order chi connectivity index (χ0) is 14.0. The van der Waals surface area contributed by atoms with Crippen LogP contribution in [0.3, 0.4) is 0 Å². The Kier molecular flexibility index (Phi) is 3.95. The molecule has 3 nitrogen and oxygen atoms in total. The SMILES string of the molecule is CN1CCC(NC(=O)c2ccc(C(C)(C)C)cc2)C1. The first-order chi connectivity index (χ1) is 8.86. The van der Waals surface area contributed by atoms with Gasteiger partial charge >= 0.3 is 0 Å². The van der Waals surface area contributed by atoms with Crippen LogP contribution in [-0.4, -0.2) is 37.0 Å². The molecule has 0 spiro atoms. The quantitative estimate of drug-likeness (QED) is 0.885. The number of likely N-dealkylation sites (tertiary alicyclic amines) is 1. The van der Waals surface area contributed by atoms with E-state index < -0.39 is 0 Å². The molecule has 19 heavy (non-hydrogen) atoms. The van der Waals surface area contributed by atoms with Gasteiger partial charge in [-0.15, -0.1) is 0 Å². The van der Waals surface area contributed by atoms with Crippen LogP contribution in [0.4, 0.5) is 0 Å². The van der Waals surface area contributed by atoms with Gasteiger partial charge in [0.2, 0.25) is 0 Å². The van der Waals surface area contributed by atoms with Gasteiger partial charge in [0.15, 0.2) is 0 Å². The van der Waals surface area contributed by atoms with Crippen molar-refractivity contribution in [1.29, 1.82) is 0 Å². The van der Waals surface area contributed by atoms with Gasteiger partial charge < -0.3 is 10.2 Å². The van der Waals surface area contributed by atoms with E-state index in [9.17, 15) is 4.79 Å². The number of benzene rings is 1. The van der Waals surface area contributed by atoms with Gasteiger partial charge in [-0.05, 0) is 43.1 Å². The number of rotatable bonds is 2. The summed E-state index contributed by atoms with van der Waals surface area (Å²) in [5.74, 6) is 0.0424. The Balaban J connectivity index is 2.00. The largest absolute Gasteiger partial charge is 0.348 e. The average molecular weight is 260 g/mol. The van der Waals surface area contributed by atoms with Crippen LogP contribution in [0.1, 0.15) is 43.1 Å². The first-order valence-corrected chi connectivity index (χ1v) is 6.96. The fourth-order valence-corrected chi connectivity index (χ4v) is 2.44. The van der Waals surface area contributed by atoms with Crippen molar-refractivity contribution in [3.8, 4) is 0 Å². The summed E-state index contributed by atoms with van der Waals surface area (Å²) >= 11 is 0. The third-order valence-corrected chi connectivity index (χ3v) is 3.74. The highest BCUT2D eigenvalue weighted by molar-refractivity contribution is 5.94. The molecular formula is C16H24N2O. The highest BCUT2D eigenvalue weighted by atomic mass is 16.1. The van der Waals surface area contributed by atoms with E-state index in [1.54, 1.807) is 0 Å². The van der Waals surface area contributed by atoms with Crippen LogP contribution in [0.15, 0.2) is 24.3 Å². The second-order valence-electron chi connectivity index (χ2n) is 6.55. The lowest BCUT2D eigenvalue weighted by atomic mass is 9.86. The number of amides is 1. The molecule has 1 aromatic carbocycles. The van der Waals surface area contributed by atoms with E-state index in [4.69, 9.17) is 0 Å². The van der Waals surface area contributed by atoms with Crippen LogP contribution in [0.2, 0.25) is 0 Å². The second kappa shape index (κ2) is 5.33. The molecule has 1 atom stereocenters. The van der Waals surface area contributed by atoms with Gasteiger partial charge in [-0.25, -0.2) is 0 Å². The maximum absolute atomic E-state index is 12.1. The maximum atomic E-state index is 12.1. The molecule has 1 heterocycles. The van der Waals surface area contributed by atoms with Crippen molar-refractivity contribution in [2.24, 2.45) is 0 Å². The molecule has 0 bridgehead atoms. The molecule has 1 saturated heterocycles. The second-order valence-corrected chi connectivity index (χ2v) is 6.55. The van der Waals surface area contributed by atoms with Crippen LogP contribution in [0.25, 0.3) is 0 Å². The maximum Gasteiger partial charge on any atom is 0.251 e. The number of hydrogen-bond acceptors (Lipinski definition) is 2. The summed E-state index contributed by atoms with van der Waals surface area (Å²) in [5, 5.41) is 3.10. The van der Waals surface area contributed by atoms with Gasteiger partial charge in [-0.3, -0.25) is 4.79 Å². The minimum Gasteiger partial charge on any atom is -0.348 e. The van der Waals surface area contributed by atoms with Crippen LogP contribution >= 0.6 is 0 Å². The zero-order valence-electron chi connectivity index (χ0n) is 12.4. The predicted molar refractivity (Wildman–Crippen MR) is 78.5 cm³/mol. The average Bonchev–Trinajstić information content (AvgIpc) is 2.74. The van der Waals surface area contributed by atoms with Crippen LogP contribution in [-0.2, 0) is 5.41 Å². The number of likely N-dealkylation sites (N-methyl/N-ethyl adjacent to an activating group) is 1. The van der Waals surface area contributed by atoms with Gasteiger partial charge in [0.05, 0.1) is 0 Å². The standard InChI is InChI=1S/C16H24N2O/c1-16(2,3)13-7-5-12(6-8-13)15(19)17-14-9-10-18(4)11-14/h5-8,14H,9-11H2,1-4H3,(H,17,19). The molecule has 0 saturated carbocycles. The van der Waals surface area contributed by atoms with Crippen molar-refractivity contribution in [1.82, 2.24) is 10.2 Å². The molecule has 0 aromatic heterocycles. The molecule has 1 amide bonds. The fraction of sp³-hybridized carbons (Fsp3) is 0.562. The van der Waals surface area contributed by atoms with Crippen LogP contribution < -0.4 is 5.32 Å². The number of carbonyl (C=O) groups is 1. The molecule has 1 N–H and O–H groups in total. The van der Waals surface area contributed by atoms with Crippen molar-refractivity contribution < 1.29 is 4.79 Å². The number of nitrogens with one attached hydrogen (secondary N) is 1. The smallest absolute Gasteiger partial charge is 0.251 e. The Labute approximate surface area is 116 Å². The highest BCUT2D eigenvalue weighted by Gasteiger charge is 2.21. The normalized spacial score (nSPS) is 20.5. The Morgan fingerprint density at radius 3 is 2.37 bits per heavy atom. The summed E-state index contributed by atoms with van der Waals surface area (Å²) in [6.45, 7) is 8.54. The number of nitrogens with zero attached hydrogens (tertiary/aromatic N) is 1. The first kappa shape index (κ1) is 14.1. The lowest BCUT2D eigenvalue weighted by Crippen LogP contribution is -2.36. The van der Waals surface area contributed by atoms with Gasteiger partial charge in [-0.1, -0.05) is 32.9 Å². The fourth-order valence-electron chi connectivity index (χ4n) is 2.44. The summed E-state index contributed by atoms with van der Waals surface area (Å²) < 4.78 is 0. The summed E-state index contributed by atoms with van der Waals surface area (Å²) in [7, 11) is 2.09. The minimum atomic E-state index is 0.0424. The first-order valence-electron chi connectivity index (χ1n) is 6.96. The highest BCUT2D eigenvalue weighted by Crippen LogP contribution is 2.22. The van der Waals surface area contributed by atoms with Gasteiger partial charge in [-0.2, -0.15) is 0 Å². The topological polar surface area (TPSA) is 32.3 Å². The Bertz CT molecular complexity index is 445. The van der Waals surface area contributed by atoms with E-state index in [0.717, 1.165) is 25.1 Å². The van der Waals surface area contributed by atoms with Crippen molar-refractivity contribution in [3.05, 3.63) is 35.4 Å². The summed E-state index contributed by atoms with van der Waals surface area (Å²) in [6, 6.07) is 8.24. The zero-order valence-corrected chi connectivity index (χ0v) is 12.4. The third kappa shape index (κ3) is 3.57. The van der Waals surface area contributed by atoms with E-state index in [1.807, 2.05) is 12.1 Å². The van der Waals surface area contributed by atoms with Crippen LogP contribution in [0, 0.1) is 0 Å². The van der Waals surface area contributed by atoms with Gasteiger partial charge in [0.25, 0.3) is 5.91 Å². The monoisotopic (exact) mass is 260 g/mol. The Morgan fingerprint density at radius 1 is 1.26 bits per heavy atom. The molecule has 1 aliphatic rings. The Hall–Kier alpha value is -1.35. The van der Waals surface area contributed by atoms with Gasteiger partial charge in [0, 0.05) is 18.2 Å². The van der Waals surface area contributed by atoms with E-state index in [0.29, 0.717) is 6.04 Å². The van der Waals surface area contributed by atoms with E-state index in [2.05, 4.69) is 50.2 Å². The number of hydrogen-bond donors (Lipinski definition) is 1. The molecule has 1 aliphatic heterocycles. The minimum absolute atomic E-state index is 0.0424. The van der Waals surface area contributed by atoms with E-state index in [-0.39, 0.29) is 11.3 Å². The predicted octanol–water partition coefficient (Wildman–Crippen LogP) is 2.42. The lowest BCUT2D eigenvalue weighted by Gasteiger charge is -2.19. The molecule has 1 aromatic rings. The molecule has 104 valence electrons. The molecule has 2 rings (SSSR count). The number of carbonyl (C=O) groups excluding carboxylic acids is 1. The third-order valence-electron chi connectivity index (χ3n) is 3.74. The molecule has 0 radical (unpaired) electrons. The molecule has 1 fully saturated rings. The van der Waals surface area contributed by atoms with Crippen molar-refractivity contribution in [2.75, 3.05) is 20.1 Å². The van der Waals surface area contributed by atoms with Crippen molar-refractivity contribution >= 4 is 5.91 Å². The summed E-state index contributed by atoms with van der Waals surface area (Å²) in [6.07, 6.45) is 1.04. The van der Waals surface area contributed by atoms with E-state index in [1.165, 1.54) is 5.56 Å². The molecular weight excluding hydrogens is 236 g/mol. The lowest BCUT2D eigenvalue weighted by molar-refractivity contribution is 0.0938. The molecule has 1 unspecified atom stereocenters. The summed E-state index contributed by atoms with van der Waals surface area (Å²) in [5.41, 5.74) is 2.13. The van der Waals surface area contributed by atoms with Crippen LogP contribution in [0.5, 0.6) is 0 Å². The molecule has 0 aliphatic carbocycles. The van der Waals surface area contributed by atoms with E-state index >= 15 is 0 Å². The van der Waals surface area contributed by atoms with Crippen molar-refractivity contribution in [3.63, 3.8) is 0 Å².